The summed E-state index contributed by atoms with van der Waals surface area (Å²) in [5.74, 6) is 2.65. The second-order valence-electron chi connectivity index (χ2n) is 5.39. The van der Waals surface area contributed by atoms with Gasteiger partial charge in [-0.2, -0.15) is 0 Å². The maximum absolute atomic E-state index is 9.77. The van der Waals surface area contributed by atoms with E-state index in [1.54, 1.807) is 0 Å². The molecule has 2 rings (SSSR count). The van der Waals surface area contributed by atoms with E-state index in [1.807, 2.05) is 0 Å². The lowest BCUT2D eigenvalue weighted by Crippen LogP contribution is -2.26. The molecule has 0 amide bonds. The van der Waals surface area contributed by atoms with Crippen LogP contribution in [0.2, 0.25) is 19.1 Å². The van der Waals surface area contributed by atoms with Crippen molar-refractivity contribution in [2.75, 3.05) is 0 Å². The van der Waals surface area contributed by atoms with Crippen LogP contribution in [0.4, 0.5) is 0 Å². The molecule has 1 nitrogen and oxygen atoms in total. The first-order chi connectivity index (χ1) is 6.04. The highest BCUT2D eigenvalue weighted by Gasteiger charge is 2.36. The molecule has 1 fully saturated rings. The molecule has 1 saturated carbocycles. The highest BCUT2D eigenvalue weighted by atomic mass is 28.4. The minimum atomic E-state index is -1.78. The molecule has 0 radical (unpaired) electrons. The van der Waals surface area contributed by atoms with Gasteiger partial charge in [0.15, 0.2) is 8.32 Å². The first-order valence-electron chi connectivity index (χ1n) is 5.45. The lowest BCUT2D eigenvalue weighted by Gasteiger charge is -2.21. The summed E-state index contributed by atoms with van der Waals surface area (Å²) in [4.78, 5) is 9.77. The molecular formula is C11H20OSi. The van der Waals surface area contributed by atoms with E-state index >= 15 is 0 Å². The van der Waals surface area contributed by atoms with Crippen molar-refractivity contribution in [3.8, 4) is 0 Å². The standard InChI is InChI=1S/C11H20OSi/c1-13(2,12)6-5-11-8-9-3-4-10(11)7-9/h3-4,9-12H,5-8H2,1-2H3. The van der Waals surface area contributed by atoms with Crippen LogP contribution < -0.4 is 0 Å². The van der Waals surface area contributed by atoms with E-state index < -0.39 is 8.32 Å². The average molecular weight is 196 g/mol. The van der Waals surface area contributed by atoms with Crippen LogP contribution in [0, 0.1) is 17.8 Å². The molecular weight excluding hydrogens is 176 g/mol. The molecule has 2 bridgehead atoms. The minimum Gasteiger partial charge on any atom is -0.432 e. The molecule has 2 aliphatic carbocycles. The van der Waals surface area contributed by atoms with E-state index in [9.17, 15) is 4.80 Å². The van der Waals surface area contributed by atoms with Crippen molar-refractivity contribution in [2.24, 2.45) is 17.8 Å². The Hall–Kier alpha value is -0.0831. The van der Waals surface area contributed by atoms with Crippen LogP contribution in [0.5, 0.6) is 0 Å². The maximum Gasteiger partial charge on any atom is 0.182 e. The van der Waals surface area contributed by atoms with Crippen LogP contribution in [0.25, 0.3) is 0 Å². The number of allylic oxidation sites excluding steroid dienone is 2. The molecule has 3 unspecified atom stereocenters. The zero-order chi connectivity index (χ0) is 9.47. The molecule has 0 saturated heterocycles. The molecule has 0 aromatic rings. The summed E-state index contributed by atoms with van der Waals surface area (Å²) in [5.41, 5.74) is 0. The van der Waals surface area contributed by atoms with Gasteiger partial charge in [-0.25, -0.2) is 0 Å². The van der Waals surface area contributed by atoms with E-state index in [4.69, 9.17) is 0 Å². The molecule has 74 valence electrons. The number of hydrogen-bond acceptors (Lipinski definition) is 1. The van der Waals surface area contributed by atoms with Gasteiger partial charge in [-0.05, 0) is 49.7 Å². The van der Waals surface area contributed by atoms with E-state index in [1.165, 1.54) is 19.3 Å². The van der Waals surface area contributed by atoms with Crippen LogP contribution in [0.3, 0.4) is 0 Å². The molecule has 0 aromatic heterocycles. The van der Waals surface area contributed by atoms with Crippen molar-refractivity contribution in [1.29, 1.82) is 0 Å². The topological polar surface area (TPSA) is 20.2 Å². The Balaban J connectivity index is 1.81. The van der Waals surface area contributed by atoms with Gasteiger partial charge in [0.2, 0.25) is 0 Å². The molecule has 0 heterocycles. The van der Waals surface area contributed by atoms with Gasteiger partial charge in [0.1, 0.15) is 0 Å². The van der Waals surface area contributed by atoms with E-state index in [0.29, 0.717) is 0 Å². The molecule has 0 aromatic carbocycles. The second-order valence-corrected chi connectivity index (χ2v) is 9.52. The second kappa shape index (κ2) is 3.25. The van der Waals surface area contributed by atoms with Gasteiger partial charge in [0, 0.05) is 0 Å². The Kier molecular flexibility index (Phi) is 2.36. The summed E-state index contributed by atoms with van der Waals surface area (Å²) in [5, 5.41) is 0. The van der Waals surface area contributed by atoms with Crippen LogP contribution in [-0.2, 0) is 0 Å². The van der Waals surface area contributed by atoms with Crippen molar-refractivity contribution in [3.05, 3.63) is 12.2 Å². The summed E-state index contributed by atoms with van der Waals surface area (Å²) in [6, 6.07) is 1.09. The number of fused-ring (bicyclic) bond motifs is 2. The summed E-state index contributed by atoms with van der Waals surface area (Å²) in [6.45, 7) is 4.10. The Labute approximate surface area is 82.0 Å². The molecule has 2 heteroatoms. The SMILES string of the molecule is C[Si](C)(O)CCC1CC2C=CC1C2. The zero-order valence-corrected chi connectivity index (χ0v) is 9.66. The van der Waals surface area contributed by atoms with Crippen molar-refractivity contribution in [3.63, 3.8) is 0 Å². The van der Waals surface area contributed by atoms with Crippen LogP contribution in [0.1, 0.15) is 19.3 Å². The summed E-state index contributed by atoms with van der Waals surface area (Å²) >= 11 is 0. The third kappa shape index (κ3) is 2.23. The highest BCUT2D eigenvalue weighted by molar-refractivity contribution is 6.69. The van der Waals surface area contributed by atoms with Crippen molar-refractivity contribution >= 4 is 8.32 Å². The van der Waals surface area contributed by atoms with Gasteiger partial charge >= 0.3 is 0 Å². The van der Waals surface area contributed by atoms with Crippen LogP contribution in [0.15, 0.2) is 12.2 Å². The van der Waals surface area contributed by atoms with Crippen molar-refractivity contribution in [2.45, 2.75) is 38.4 Å². The molecule has 0 spiro atoms. The third-order valence-corrected chi connectivity index (χ3v) is 5.06. The number of rotatable bonds is 3. The van der Waals surface area contributed by atoms with Crippen molar-refractivity contribution in [1.82, 2.24) is 0 Å². The first kappa shape index (κ1) is 9.47. The van der Waals surface area contributed by atoms with E-state index in [-0.39, 0.29) is 0 Å². The predicted octanol–water partition coefficient (Wildman–Crippen LogP) is 2.79. The quantitative estimate of drug-likeness (QED) is 0.543. The Bertz CT molecular complexity index is 217. The largest absolute Gasteiger partial charge is 0.432 e. The Morgan fingerprint density at radius 3 is 2.54 bits per heavy atom. The van der Waals surface area contributed by atoms with Crippen LogP contribution >= 0.6 is 0 Å². The van der Waals surface area contributed by atoms with Gasteiger partial charge in [-0.3, -0.25) is 0 Å². The maximum atomic E-state index is 9.77. The lowest BCUT2D eigenvalue weighted by atomic mass is 9.91. The minimum absolute atomic E-state index is 0.862. The average Bonchev–Trinajstić information content (AvgIpc) is 2.58. The molecule has 3 atom stereocenters. The number of hydrogen-bond donors (Lipinski definition) is 1. The van der Waals surface area contributed by atoms with Crippen molar-refractivity contribution < 1.29 is 4.80 Å². The fraction of sp³-hybridized carbons (Fsp3) is 0.818. The van der Waals surface area contributed by atoms with Gasteiger partial charge in [-0.15, -0.1) is 0 Å². The normalized spacial score (nSPS) is 37.3. The summed E-state index contributed by atoms with van der Waals surface area (Å²) in [7, 11) is -1.78. The lowest BCUT2D eigenvalue weighted by molar-refractivity contribution is 0.421. The smallest absolute Gasteiger partial charge is 0.182 e. The highest BCUT2D eigenvalue weighted by Crippen LogP contribution is 2.45. The van der Waals surface area contributed by atoms with Crippen LogP contribution in [-0.4, -0.2) is 13.1 Å². The molecule has 0 aliphatic heterocycles. The van der Waals surface area contributed by atoms with Gasteiger partial charge < -0.3 is 4.80 Å². The third-order valence-electron chi connectivity index (χ3n) is 3.54. The van der Waals surface area contributed by atoms with Gasteiger partial charge in [-0.1, -0.05) is 18.6 Å². The Morgan fingerprint density at radius 2 is 2.08 bits per heavy atom. The first-order valence-corrected chi connectivity index (χ1v) is 8.61. The predicted molar refractivity (Wildman–Crippen MR) is 58.0 cm³/mol. The fourth-order valence-corrected chi connectivity index (χ4v) is 3.84. The van der Waals surface area contributed by atoms with Gasteiger partial charge in [0.05, 0.1) is 0 Å². The Morgan fingerprint density at radius 1 is 1.31 bits per heavy atom. The fourth-order valence-electron chi connectivity index (χ4n) is 2.77. The van der Waals surface area contributed by atoms with Gasteiger partial charge in [0.25, 0.3) is 0 Å². The summed E-state index contributed by atoms with van der Waals surface area (Å²) < 4.78 is 0. The molecule has 1 N–H and O–H groups in total. The monoisotopic (exact) mass is 196 g/mol. The zero-order valence-electron chi connectivity index (χ0n) is 8.66. The van der Waals surface area contributed by atoms with E-state index in [2.05, 4.69) is 25.2 Å². The molecule has 13 heavy (non-hydrogen) atoms. The summed E-state index contributed by atoms with van der Waals surface area (Å²) in [6.07, 6.45) is 8.86. The molecule has 2 aliphatic rings. The van der Waals surface area contributed by atoms with E-state index in [0.717, 1.165) is 23.8 Å².